The van der Waals surface area contributed by atoms with E-state index in [1.54, 1.807) is 29.2 Å². The third-order valence-electron chi connectivity index (χ3n) is 5.93. The van der Waals surface area contributed by atoms with Crippen molar-refractivity contribution in [3.8, 4) is 0 Å². The van der Waals surface area contributed by atoms with Gasteiger partial charge in [-0.25, -0.2) is 8.78 Å². The summed E-state index contributed by atoms with van der Waals surface area (Å²) in [4.78, 5) is 31.0. The molecule has 7 heteroatoms. The first kappa shape index (κ1) is 20.3. The molecule has 0 spiro atoms. The van der Waals surface area contributed by atoms with Crippen LogP contribution < -0.4 is 4.90 Å². The predicted molar refractivity (Wildman–Crippen MR) is 110 cm³/mol. The van der Waals surface area contributed by atoms with Gasteiger partial charge in [-0.1, -0.05) is 12.1 Å². The minimum atomic E-state index is -0.303. The zero-order chi connectivity index (χ0) is 21.1. The summed E-state index contributed by atoms with van der Waals surface area (Å²) in [5, 5.41) is 0. The molecule has 1 atom stereocenters. The molecule has 2 amide bonds. The molecule has 2 aromatic rings. The van der Waals surface area contributed by atoms with Crippen LogP contribution in [0.2, 0.25) is 0 Å². The van der Waals surface area contributed by atoms with Gasteiger partial charge < -0.3 is 14.7 Å². The Hall–Kier alpha value is -2.96. The van der Waals surface area contributed by atoms with Gasteiger partial charge >= 0.3 is 0 Å². The second-order valence-corrected chi connectivity index (χ2v) is 7.91. The number of likely N-dealkylation sites (tertiary alicyclic amines) is 1. The Morgan fingerprint density at radius 3 is 2.13 bits per heavy atom. The second kappa shape index (κ2) is 8.81. The number of hydrogen-bond acceptors (Lipinski definition) is 3. The summed E-state index contributed by atoms with van der Waals surface area (Å²) in [6.45, 7) is 3.54. The number of carbonyl (C=O) groups excluding carboxylic acids is 2. The average molecular weight is 413 g/mol. The highest BCUT2D eigenvalue weighted by Gasteiger charge is 2.37. The van der Waals surface area contributed by atoms with Crippen molar-refractivity contribution in [1.82, 2.24) is 9.80 Å². The van der Waals surface area contributed by atoms with Crippen LogP contribution in [-0.2, 0) is 16.0 Å². The molecule has 158 valence electrons. The molecule has 2 aliphatic rings. The van der Waals surface area contributed by atoms with E-state index in [0.29, 0.717) is 45.7 Å². The van der Waals surface area contributed by atoms with E-state index in [2.05, 4.69) is 4.90 Å². The molecular weight excluding hydrogens is 388 g/mol. The number of benzene rings is 2. The topological polar surface area (TPSA) is 43.9 Å². The lowest BCUT2D eigenvalue weighted by molar-refractivity contribution is -0.136. The maximum absolute atomic E-state index is 13.1. The molecule has 2 aromatic carbocycles. The van der Waals surface area contributed by atoms with Crippen LogP contribution in [0.4, 0.5) is 14.5 Å². The molecular formula is C23H25F2N3O2. The van der Waals surface area contributed by atoms with E-state index in [9.17, 15) is 18.4 Å². The summed E-state index contributed by atoms with van der Waals surface area (Å²) in [5.74, 6) is -0.807. The van der Waals surface area contributed by atoms with Gasteiger partial charge in [0.1, 0.15) is 11.6 Å². The van der Waals surface area contributed by atoms with Gasteiger partial charge in [0.25, 0.3) is 0 Å². The number of anilines is 1. The predicted octanol–water partition coefficient (Wildman–Crippen LogP) is 2.70. The van der Waals surface area contributed by atoms with Crippen molar-refractivity contribution in [3.63, 3.8) is 0 Å². The van der Waals surface area contributed by atoms with E-state index in [-0.39, 0.29) is 35.8 Å². The molecule has 0 bridgehead atoms. The molecule has 0 unspecified atom stereocenters. The number of nitrogens with zero attached hydrogens (tertiary/aromatic N) is 3. The molecule has 5 nitrogen and oxygen atoms in total. The lowest BCUT2D eigenvalue weighted by Crippen LogP contribution is -2.50. The monoisotopic (exact) mass is 413 g/mol. The Kier molecular flexibility index (Phi) is 5.97. The number of halogens is 2. The van der Waals surface area contributed by atoms with Crippen LogP contribution in [0.15, 0.2) is 48.5 Å². The van der Waals surface area contributed by atoms with Crippen molar-refractivity contribution >= 4 is 17.5 Å². The standard InChI is InChI=1S/C23H25F2N3O2/c24-19-3-1-17(2-4-19)9-10-28-16-18(15-22(28)29)23(30)27-13-11-26(12-14-27)21-7-5-20(25)6-8-21/h1-8,18H,9-16H2/t18-/m0/s1. The first-order valence-corrected chi connectivity index (χ1v) is 10.3. The molecule has 2 aliphatic heterocycles. The quantitative estimate of drug-likeness (QED) is 0.757. The fraction of sp³-hybridized carbons (Fsp3) is 0.391. The molecule has 2 fully saturated rings. The van der Waals surface area contributed by atoms with Crippen LogP contribution in [0, 0.1) is 17.6 Å². The summed E-state index contributed by atoms with van der Waals surface area (Å²) in [7, 11) is 0. The largest absolute Gasteiger partial charge is 0.368 e. The molecule has 30 heavy (non-hydrogen) atoms. The lowest BCUT2D eigenvalue weighted by atomic mass is 10.1. The Balaban J connectivity index is 1.27. The van der Waals surface area contributed by atoms with Gasteiger partial charge in [0, 0.05) is 51.4 Å². The van der Waals surface area contributed by atoms with Crippen molar-refractivity contribution < 1.29 is 18.4 Å². The van der Waals surface area contributed by atoms with Crippen LogP contribution in [0.5, 0.6) is 0 Å². The third-order valence-corrected chi connectivity index (χ3v) is 5.93. The Morgan fingerprint density at radius 2 is 1.50 bits per heavy atom. The van der Waals surface area contributed by atoms with Crippen LogP contribution in [0.1, 0.15) is 12.0 Å². The third kappa shape index (κ3) is 4.61. The van der Waals surface area contributed by atoms with E-state index in [4.69, 9.17) is 0 Å². The fourth-order valence-electron chi connectivity index (χ4n) is 4.16. The zero-order valence-corrected chi connectivity index (χ0v) is 16.8. The van der Waals surface area contributed by atoms with Crippen LogP contribution in [0.25, 0.3) is 0 Å². The van der Waals surface area contributed by atoms with Crippen molar-refractivity contribution in [2.75, 3.05) is 44.2 Å². The van der Waals surface area contributed by atoms with Gasteiger partial charge in [0.15, 0.2) is 0 Å². The van der Waals surface area contributed by atoms with Gasteiger partial charge in [0.2, 0.25) is 11.8 Å². The maximum Gasteiger partial charge on any atom is 0.228 e. The number of carbonyl (C=O) groups is 2. The maximum atomic E-state index is 13.1. The first-order valence-electron chi connectivity index (χ1n) is 10.3. The Labute approximate surface area is 174 Å². The van der Waals surface area contributed by atoms with Crippen molar-refractivity contribution in [2.24, 2.45) is 5.92 Å². The first-order chi connectivity index (χ1) is 14.5. The molecule has 0 aliphatic carbocycles. The summed E-state index contributed by atoms with van der Waals surface area (Å²) in [6, 6.07) is 12.7. The van der Waals surface area contributed by atoms with Gasteiger partial charge in [-0.3, -0.25) is 9.59 Å². The molecule has 0 aromatic heterocycles. The number of piperazine rings is 1. The van der Waals surface area contributed by atoms with Crippen LogP contribution in [-0.4, -0.2) is 60.9 Å². The van der Waals surface area contributed by atoms with Crippen molar-refractivity contribution in [2.45, 2.75) is 12.8 Å². The van der Waals surface area contributed by atoms with Gasteiger partial charge in [0.05, 0.1) is 5.92 Å². The summed E-state index contributed by atoms with van der Waals surface area (Å²) < 4.78 is 26.1. The lowest BCUT2D eigenvalue weighted by Gasteiger charge is -2.37. The van der Waals surface area contributed by atoms with E-state index in [1.807, 2.05) is 4.90 Å². The smallest absolute Gasteiger partial charge is 0.228 e. The molecule has 2 heterocycles. The summed E-state index contributed by atoms with van der Waals surface area (Å²) in [6.07, 6.45) is 0.893. The van der Waals surface area contributed by atoms with Crippen molar-refractivity contribution in [1.29, 1.82) is 0 Å². The van der Waals surface area contributed by atoms with Gasteiger partial charge in [-0.2, -0.15) is 0 Å². The second-order valence-electron chi connectivity index (χ2n) is 7.91. The highest BCUT2D eigenvalue weighted by atomic mass is 19.1. The molecule has 0 N–H and O–H groups in total. The Bertz CT molecular complexity index is 894. The zero-order valence-electron chi connectivity index (χ0n) is 16.8. The molecule has 2 saturated heterocycles. The van der Waals surface area contributed by atoms with E-state index < -0.39 is 0 Å². The highest BCUT2D eigenvalue weighted by Crippen LogP contribution is 2.23. The number of amides is 2. The summed E-state index contributed by atoms with van der Waals surface area (Å²) in [5.41, 5.74) is 1.92. The molecule has 4 rings (SSSR count). The molecule has 0 radical (unpaired) electrons. The van der Waals surface area contributed by atoms with Gasteiger partial charge in [-0.05, 0) is 48.4 Å². The fourth-order valence-corrected chi connectivity index (χ4v) is 4.16. The number of hydrogen-bond donors (Lipinski definition) is 0. The Morgan fingerprint density at radius 1 is 0.900 bits per heavy atom. The average Bonchev–Trinajstić information content (AvgIpc) is 3.14. The van der Waals surface area contributed by atoms with E-state index in [1.165, 1.54) is 24.3 Å². The van der Waals surface area contributed by atoms with E-state index >= 15 is 0 Å². The van der Waals surface area contributed by atoms with Crippen LogP contribution >= 0.6 is 0 Å². The summed E-state index contributed by atoms with van der Waals surface area (Å²) >= 11 is 0. The SMILES string of the molecule is O=C1C[C@H](C(=O)N2CCN(c3ccc(F)cc3)CC2)CN1CCc1ccc(F)cc1. The van der Waals surface area contributed by atoms with Crippen LogP contribution in [0.3, 0.4) is 0 Å². The van der Waals surface area contributed by atoms with E-state index in [0.717, 1.165) is 11.3 Å². The number of rotatable bonds is 5. The van der Waals surface area contributed by atoms with Crippen molar-refractivity contribution in [3.05, 3.63) is 65.7 Å². The molecule has 0 saturated carbocycles. The minimum absolute atomic E-state index is 0.000379. The highest BCUT2D eigenvalue weighted by molar-refractivity contribution is 5.89. The minimum Gasteiger partial charge on any atom is -0.368 e. The van der Waals surface area contributed by atoms with Gasteiger partial charge in [-0.15, -0.1) is 0 Å². The normalized spacial score (nSPS) is 19.5.